The van der Waals surface area contributed by atoms with Gasteiger partial charge in [-0.3, -0.25) is 0 Å². The fourth-order valence-corrected chi connectivity index (χ4v) is 1.88. The molecule has 1 aromatic carbocycles. The van der Waals surface area contributed by atoms with Gasteiger partial charge in [0.1, 0.15) is 5.75 Å². The lowest BCUT2D eigenvalue weighted by Gasteiger charge is -2.33. The van der Waals surface area contributed by atoms with Crippen molar-refractivity contribution in [2.45, 2.75) is 43.9 Å². The summed E-state index contributed by atoms with van der Waals surface area (Å²) >= 11 is 0. The van der Waals surface area contributed by atoms with Gasteiger partial charge in [0.15, 0.2) is 6.61 Å². The molecule has 0 radical (unpaired) electrons. The van der Waals surface area contributed by atoms with Gasteiger partial charge in [0.05, 0.1) is 6.61 Å². The average Bonchev–Trinajstić information content (AvgIpc) is 2.63. The normalized spacial score (nSPS) is 13.9. The van der Waals surface area contributed by atoms with Crippen LogP contribution in [0.15, 0.2) is 24.3 Å². The number of rotatable bonds is 13. The number of ether oxygens (including phenoxy) is 4. The summed E-state index contributed by atoms with van der Waals surface area (Å²) in [6.07, 6.45) is -30.6. The number of anilines is 1. The van der Waals surface area contributed by atoms with Crippen LogP contribution < -0.4 is 9.64 Å². The molecule has 0 aliphatic rings. The van der Waals surface area contributed by atoms with E-state index >= 15 is 0 Å². The van der Waals surface area contributed by atoms with Crippen LogP contribution in [0.2, 0.25) is 0 Å². The Balaban J connectivity index is 2.86. The van der Waals surface area contributed by atoms with Crippen molar-refractivity contribution in [3.05, 3.63) is 24.3 Å². The lowest BCUT2D eigenvalue weighted by molar-refractivity contribution is -0.545. The quantitative estimate of drug-likeness (QED) is 0.338. The first kappa shape index (κ1) is 28.0. The number of halogens is 10. The summed E-state index contributed by atoms with van der Waals surface area (Å²) in [5, 5.41) is 0. The van der Waals surface area contributed by atoms with Crippen molar-refractivity contribution in [2.75, 3.05) is 32.2 Å². The second-order valence-electron chi connectivity index (χ2n) is 6.43. The summed E-state index contributed by atoms with van der Waals surface area (Å²) in [5.41, 5.74) is 0.601. The summed E-state index contributed by atoms with van der Waals surface area (Å²) in [6.45, 7) is -1.94. The molecule has 0 aliphatic carbocycles. The van der Waals surface area contributed by atoms with Gasteiger partial charge < -0.3 is 14.4 Å². The van der Waals surface area contributed by atoms with E-state index in [-0.39, 0.29) is 12.2 Å². The van der Waals surface area contributed by atoms with E-state index in [1.807, 2.05) is 0 Å². The van der Waals surface area contributed by atoms with Crippen molar-refractivity contribution in [1.82, 2.24) is 0 Å². The topological polar surface area (TPSA) is 40.2 Å². The van der Waals surface area contributed by atoms with E-state index in [0.717, 1.165) is 12.1 Å². The standard InChI is InChI=1S/C17H19F10NO4/c1-4-9-30-14(20,21)15(22,23)32-17(26,27)16(24,25)31-13(18,19)10-29-12-7-5-11(6-8-12)28(2)3/h5-8H,4,9-10H2,1-3H3. The maximum Gasteiger partial charge on any atom is 0.453 e. The van der Waals surface area contributed by atoms with Gasteiger partial charge in [0, 0.05) is 19.8 Å². The summed E-state index contributed by atoms with van der Waals surface area (Å²) in [5.74, 6) is -0.301. The molecule has 1 aromatic rings. The molecule has 32 heavy (non-hydrogen) atoms. The van der Waals surface area contributed by atoms with Crippen molar-refractivity contribution in [2.24, 2.45) is 0 Å². The van der Waals surface area contributed by atoms with Crippen molar-refractivity contribution < 1.29 is 62.9 Å². The van der Waals surface area contributed by atoms with E-state index in [2.05, 4.69) is 18.9 Å². The minimum absolute atomic E-state index is 0.272. The van der Waals surface area contributed by atoms with Crippen LogP contribution in [0.5, 0.6) is 5.75 Å². The summed E-state index contributed by atoms with van der Waals surface area (Å²) in [7, 11) is 3.30. The maximum absolute atomic E-state index is 13.6. The van der Waals surface area contributed by atoms with Crippen molar-refractivity contribution in [3.8, 4) is 5.75 Å². The molecule has 0 aliphatic heterocycles. The molecule has 0 atom stereocenters. The first-order valence-corrected chi connectivity index (χ1v) is 8.69. The van der Waals surface area contributed by atoms with E-state index in [1.54, 1.807) is 19.0 Å². The van der Waals surface area contributed by atoms with Gasteiger partial charge >= 0.3 is 30.5 Å². The molecule has 0 bridgehead atoms. The predicted molar refractivity (Wildman–Crippen MR) is 89.4 cm³/mol. The van der Waals surface area contributed by atoms with E-state index in [9.17, 15) is 43.9 Å². The highest BCUT2D eigenvalue weighted by Crippen LogP contribution is 2.47. The summed E-state index contributed by atoms with van der Waals surface area (Å²) in [4.78, 5) is 1.62. The lowest BCUT2D eigenvalue weighted by atomic mass is 10.3. The summed E-state index contributed by atoms with van der Waals surface area (Å²) < 4.78 is 146. The number of alkyl halides is 10. The van der Waals surface area contributed by atoms with Crippen LogP contribution in [0.25, 0.3) is 0 Å². The smallest absolute Gasteiger partial charge is 0.453 e. The zero-order valence-corrected chi connectivity index (χ0v) is 16.8. The molecular formula is C17H19F10NO4. The predicted octanol–water partition coefficient (Wildman–Crippen LogP) is 5.56. The van der Waals surface area contributed by atoms with Gasteiger partial charge in [-0.05, 0) is 30.7 Å². The molecule has 0 N–H and O–H groups in total. The minimum Gasteiger partial charge on any atom is -0.484 e. The highest BCUT2D eigenvalue weighted by Gasteiger charge is 2.72. The van der Waals surface area contributed by atoms with Crippen LogP contribution in [-0.2, 0) is 14.2 Å². The van der Waals surface area contributed by atoms with Crippen LogP contribution in [0.1, 0.15) is 13.3 Å². The molecule has 0 saturated heterocycles. The number of benzene rings is 1. The molecule has 0 amide bonds. The van der Waals surface area contributed by atoms with E-state index in [4.69, 9.17) is 0 Å². The van der Waals surface area contributed by atoms with Gasteiger partial charge in [-0.15, -0.1) is 0 Å². The molecule has 186 valence electrons. The van der Waals surface area contributed by atoms with Crippen molar-refractivity contribution in [3.63, 3.8) is 0 Å². The fourth-order valence-electron chi connectivity index (χ4n) is 1.88. The highest BCUT2D eigenvalue weighted by molar-refractivity contribution is 5.47. The van der Waals surface area contributed by atoms with Crippen LogP contribution in [0.3, 0.4) is 0 Å². The first-order chi connectivity index (χ1) is 14.4. The Labute approximate surface area is 175 Å². The average molecular weight is 491 g/mol. The van der Waals surface area contributed by atoms with Gasteiger partial charge in [-0.1, -0.05) is 6.92 Å². The molecule has 5 nitrogen and oxygen atoms in total. The molecule has 1 rings (SSSR count). The molecule has 15 heteroatoms. The zero-order valence-electron chi connectivity index (χ0n) is 16.8. The molecule has 0 unspecified atom stereocenters. The Morgan fingerprint density at radius 3 is 1.66 bits per heavy atom. The molecule has 0 aromatic heterocycles. The van der Waals surface area contributed by atoms with Gasteiger partial charge in [0.25, 0.3) is 0 Å². The Hall–Kier alpha value is -2.00. The van der Waals surface area contributed by atoms with Crippen molar-refractivity contribution >= 4 is 5.69 Å². The van der Waals surface area contributed by atoms with Gasteiger partial charge in [-0.25, -0.2) is 9.47 Å². The zero-order chi connectivity index (χ0) is 25.0. The Morgan fingerprint density at radius 1 is 0.719 bits per heavy atom. The van der Waals surface area contributed by atoms with Gasteiger partial charge in [0.2, 0.25) is 0 Å². The molecule has 0 saturated carbocycles. The number of nitrogens with zero attached hydrogens (tertiary/aromatic N) is 1. The lowest BCUT2D eigenvalue weighted by Crippen LogP contribution is -2.56. The van der Waals surface area contributed by atoms with Crippen molar-refractivity contribution in [1.29, 1.82) is 0 Å². The highest BCUT2D eigenvalue weighted by atomic mass is 19.4. The fraction of sp³-hybridized carbons (Fsp3) is 0.647. The van der Waals surface area contributed by atoms with E-state index in [0.29, 0.717) is 5.69 Å². The molecule has 0 fully saturated rings. The van der Waals surface area contributed by atoms with Crippen LogP contribution in [-0.4, -0.2) is 57.9 Å². The molecular weight excluding hydrogens is 472 g/mol. The number of hydrogen-bond donors (Lipinski definition) is 0. The molecule has 0 spiro atoms. The van der Waals surface area contributed by atoms with E-state index in [1.165, 1.54) is 19.1 Å². The Kier molecular flexibility index (Phi) is 8.64. The van der Waals surface area contributed by atoms with E-state index < -0.39 is 43.8 Å². The van der Waals surface area contributed by atoms with Gasteiger partial charge in [-0.2, -0.15) is 43.9 Å². The Bertz CT molecular complexity index is 729. The monoisotopic (exact) mass is 491 g/mol. The summed E-state index contributed by atoms with van der Waals surface area (Å²) in [6, 6.07) is 5.04. The minimum atomic E-state index is -6.62. The van der Waals surface area contributed by atoms with Crippen LogP contribution >= 0.6 is 0 Å². The molecule has 0 heterocycles. The first-order valence-electron chi connectivity index (χ1n) is 8.69. The SMILES string of the molecule is CCCOC(F)(F)C(F)(F)OC(F)(F)C(F)(F)OC(F)(F)COc1ccc(N(C)C)cc1. The third-order valence-electron chi connectivity index (χ3n) is 3.46. The number of hydrogen-bond acceptors (Lipinski definition) is 5. The third-order valence-corrected chi connectivity index (χ3v) is 3.46. The second kappa shape index (κ2) is 9.87. The second-order valence-corrected chi connectivity index (χ2v) is 6.43. The van der Waals surface area contributed by atoms with Crippen LogP contribution in [0.4, 0.5) is 49.6 Å². The largest absolute Gasteiger partial charge is 0.484 e. The Morgan fingerprint density at radius 2 is 1.19 bits per heavy atom. The maximum atomic E-state index is 13.6. The third kappa shape index (κ3) is 7.27. The van der Waals surface area contributed by atoms with Crippen LogP contribution in [0, 0.1) is 0 Å².